The highest BCUT2D eigenvalue weighted by atomic mass is 15.0. The molecule has 10 heavy (non-hydrogen) atoms. The van der Waals surface area contributed by atoms with Gasteiger partial charge in [-0.2, -0.15) is 5.26 Å². The van der Waals surface area contributed by atoms with E-state index in [0.29, 0.717) is 0 Å². The smallest absolute Gasteiger partial charge is 0.0950 e. The maximum atomic E-state index is 8.16. The SMILES string of the molecule is Cn1cnc(/C=C/C#N)c1. The number of aryl methyl sites for hydroxylation is 1. The summed E-state index contributed by atoms with van der Waals surface area (Å²) >= 11 is 0. The maximum absolute atomic E-state index is 8.16. The summed E-state index contributed by atoms with van der Waals surface area (Å²) in [4.78, 5) is 3.98. The summed E-state index contributed by atoms with van der Waals surface area (Å²) in [6, 6.07) is 1.90. The van der Waals surface area contributed by atoms with E-state index in [1.807, 2.05) is 23.9 Å². The Labute approximate surface area is 59.2 Å². The van der Waals surface area contributed by atoms with E-state index in [0.717, 1.165) is 5.69 Å². The van der Waals surface area contributed by atoms with E-state index in [1.54, 1.807) is 12.4 Å². The molecule has 1 rings (SSSR count). The second kappa shape index (κ2) is 2.83. The molecule has 50 valence electrons. The summed E-state index contributed by atoms with van der Waals surface area (Å²) in [5, 5.41) is 8.16. The molecule has 3 nitrogen and oxygen atoms in total. The van der Waals surface area contributed by atoms with Gasteiger partial charge in [0.05, 0.1) is 18.1 Å². The first-order valence-electron chi connectivity index (χ1n) is 2.87. The Morgan fingerprint density at radius 2 is 2.60 bits per heavy atom. The number of nitrogens with zero attached hydrogens (tertiary/aromatic N) is 3. The van der Waals surface area contributed by atoms with Gasteiger partial charge in [0.1, 0.15) is 0 Å². The molecule has 3 heteroatoms. The number of hydrogen-bond acceptors (Lipinski definition) is 2. The van der Waals surface area contributed by atoms with Crippen molar-refractivity contribution < 1.29 is 0 Å². The highest BCUT2D eigenvalue weighted by Crippen LogP contribution is 1.95. The zero-order valence-corrected chi connectivity index (χ0v) is 5.65. The zero-order valence-electron chi connectivity index (χ0n) is 5.65. The van der Waals surface area contributed by atoms with E-state index >= 15 is 0 Å². The van der Waals surface area contributed by atoms with E-state index in [4.69, 9.17) is 5.26 Å². The number of hydrogen-bond donors (Lipinski definition) is 0. The molecule has 0 saturated heterocycles. The fourth-order valence-corrected chi connectivity index (χ4v) is 0.642. The van der Waals surface area contributed by atoms with Crippen molar-refractivity contribution in [2.24, 2.45) is 7.05 Å². The van der Waals surface area contributed by atoms with Crippen molar-refractivity contribution in [1.29, 1.82) is 5.26 Å². The van der Waals surface area contributed by atoms with E-state index in [9.17, 15) is 0 Å². The van der Waals surface area contributed by atoms with Gasteiger partial charge in [-0.05, 0) is 6.08 Å². The number of aromatic nitrogens is 2. The lowest BCUT2D eigenvalue weighted by Crippen LogP contribution is -1.77. The summed E-state index contributed by atoms with van der Waals surface area (Å²) in [7, 11) is 1.89. The minimum atomic E-state index is 0.809. The van der Waals surface area contributed by atoms with Gasteiger partial charge in [-0.1, -0.05) is 0 Å². The van der Waals surface area contributed by atoms with Crippen LogP contribution in [0.15, 0.2) is 18.6 Å². The van der Waals surface area contributed by atoms with Crippen molar-refractivity contribution in [2.75, 3.05) is 0 Å². The molecule has 0 aliphatic rings. The van der Waals surface area contributed by atoms with E-state index < -0.39 is 0 Å². The minimum absolute atomic E-state index is 0.809. The third-order valence-electron chi connectivity index (χ3n) is 1.05. The summed E-state index contributed by atoms with van der Waals surface area (Å²) in [6.07, 6.45) is 6.60. The third kappa shape index (κ3) is 1.46. The van der Waals surface area contributed by atoms with Gasteiger partial charge in [0.25, 0.3) is 0 Å². The topological polar surface area (TPSA) is 41.6 Å². The van der Waals surface area contributed by atoms with Crippen LogP contribution < -0.4 is 0 Å². The molecule has 1 aromatic heterocycles. The predicted octanol–water partition coefficient (Wildman–Crippen LogP) is 0.957. The van der Waals surface area contributed by atoms with Gasteiger partial charge >= 0.3 is 0 Å². The first-order valence-corrected chi connectivity index (χ1v) is 2.87. The largest absolute Gasteiger partial charge is 0.340 e. The monoisotopic (exact) mass is 133 g/mol. The Bertz CT molecular complexity index is 277. The summed E-state index contributed by atoms with van der Waals surface area (Å²) in [5.41, 5.74) is 0.809. The molecule has 0 atom stereocenters. The number of nitriles is 1. The molecule has 0 saturated carbocycles. The molecule has 0 aliphatic heterocycles. The molecule has 1 aromatic rings. The molecule has 0 radical (unpaired) electrons. The Hall–Kier alpha value is -1.56. The molecule has 0 unspecified atom stereocenters. The number of imidazole rings is 1. The Balaban J connectivity index is 2.78. The summed E-state index contributed by atoms with van der Waals surface area (Å²) in [5.74, 6) is 0. The van der Waals surface area contributed by atoms with Crippen LogP contribution in [0.3, 0.4) is 0 Å². The third-order valence-corrected chi connectivity index (χ3v) is 1.05. The van der Waals surface area contributed by atoms with Gasteiger partial charge in [0, 0.05) is 19.3 Å². The van der Waals surface area contributed by atoms with Crippen LogP contribution in [0.1, 0.15) is 5.69 Å². The van der Waals surface area contributed by atoms with Crippen LogP contribution in [0, 0.1) is 11.3 Å². The second-order valence-corrected chi connectivity index (χ2v) is 1.93. The predicted molar refractivity (Wildman–Crippen MR) is 37.9 cm³/mol. The fraction of sp³-hybridized carbons (Fsp3) is 0.143. The van der Waals surface area contributed by atoms with Crippen LogP contribution >= 0.6 is 0 Å². The van der Waals surface area contributed by atoms with Gasteiger partial charge in [-0.3, -0.25) is 0 Å². The fourth-order valence-electron chi connectivity index (χ4n) is 0.642. The van der Waals surface area contributed by atoms with E-state index in [-0.39, 0.29) is 0 Å². The lowest BCUT2D eigenvalue weighted by Gasteiger charge is -1.79. The van der Waals surface area contributed by atoms with Crippen LogP contribution in [0.4, 0.5) is 0 Å². The molecule has 0 bridgehead atoms. The van der Waals surface area contributed by atoms with Gasteiger partial charge in [-0.25, -0.2) is 4.98 Å². The summed E-state index contributed by atoms with van der Waals surface area (Å²) < 4.78 is 1.83. The summed E-state index contributed by atoms with van der Waals surface area (Å²) in [6.45, 7) is 0. The molecule has 0 amide bonds. The highest BCUT2D eigenvalue weighted by Gasteiger charge is 1.87. The molecule has 0 aromatic carbocycles. The van der Waals surface area contributed by atoms with Crippen LogP contribution in [-0.2, 0) is 7.05 Å². The van der Waals surface area contributed by atoms with Gasteiger partial charge < -0.3 is 4.57 Å². The van der Waals surface area contributed by atoms with Gasteiger partial charge in [0.2, 0.25) is 0 Å². The quantitative estimate of drug-likeness (QED) is 0.535. The molecule has 0 aliphatic carbocycles. The van der Waals surface area contributed by atoms with Crippen molar-refractivity contribution in [3.05, 3.63) is 24.3 Å². The number of allylic oxidation sites excluding steroid dienone is 1. The molecule has 0 fully saturated rings. The molecular weight excluding hydrogens is 126 g/mol. The van der Waals surface area contributed by atoms with Crippen LogP contribution in [0.5, 0.6) is 0 Å². The van der Waals surface area contributed by atoms with Crippen molar-refractivity contribution in [1.82, 2.24) is 9.55 Å². The average molecular weight is 133 g/mol. The average Bonchev–Trinajstić information content (AvgIpc) is 2.31. The van der Waals surface area contributed by atoms with Crippen molar-refractivity contribution >= 4 is 6.08 Å². The lowest BCUT2D eigenvalue weighted by atomic mass is 10.4. The second-order valence-electron chi connectivity index (χ2n) is 1.93. The van der Waals surface area contributed by atoms with E-state index in [2.05, 4.69) is 4.98 Å². The Kier molecular flexibility index (Phi) is 1.86. The van der Waals surface area contributed by atoms with Crippen LogP contribution in [-0.4, -0.2) is 9.55 Å². The molecule has 1 heterocycles. The molecular formula is C7H7N3. The minimum Gasteiger partial charge on any atom is -0.340 e. The first kappa shape index (κ1) is 6.56. The van der Waals surface area contributed by atoms with Crippen molar-refractivity contribution in [3.8, 4) is 6.07 Å². The van der Waals surface area contributed by atoms with Gasteiger partial charge in [0.15, 0.2) is 0 Å². The lowest BCUT2D eigenvalue weighted by molar-refractivity contribution is 0.913. The standard InChI is InChI=1S/C7H7N3/c1-10-5-7(9-6-10)3-2-4-8/h2-3,5-6H,1H3/b3-2+. The van der Waals surface area contributed by atoms with Gasteiger partial charge in [-0.15, -0.1) is 0 Å². The number of rotatable bonds is 1. The van der Waals surface area contributed by atoms with Crippen LogP contribution in [0.25, 0.3) is 6.08 Å². The Morgan fingerprint density at radius 1 is 1.80 bits per heavy atom. The zero-order chi connectivity index (χ0) is 7.40. The van der Waals surface area contributed by atoms with Crippen LogP contribution in [0.2, 0.25) is 0 Å². The van der Waals surface area contributed by atoms with Crippen molar-refractivity contribution in [3.63, 3.8) is 0 Å². The molecule has 0 spiro atoms. The van der Waals surface area contributed by atoms with E-state index in [1.165, 1.54) is 6.08 Å². The Morgan fingerprint density at radius 3 is 3.10 bits per heavy atom. The first-order chi connectivity index (χ1) is 4.83. The van der Waals surface area contributed by atoms with Crippen molar-refractivity contribution in [2.45, 2.75) is 0 Å². The normalized spacial score (nSPS) is 10.0. The highest BCUT2D eigenvalue weighted by molar-refractivity contribution is 5.46. The maximum Gasteiger partial charge on any atom is 0.0950 e. The molecule has 0 N–H and O–H groups in total.